The topological polar surface area (TPSA) is 30.2 Å². The van der Waals surface area contributed by atoms with E-state index in [0.717, 1.165) is 7.28 Å². The lowest BCUT2D eigenvalue weighted by molar-refractivity contribution is 0.526. The molecule has 0 aliphatic rings. The fourth-order valence-electron chi connectivity index (χ4n) is 1.96. The van der Waals surface area contributed by atoms with Crippen LogP contribution >= 0.6 is 0 Å². The maximum Gasteiger partial charge on any atom is 0.198 e. The quantitative estimate of drug-likeness (QED) is 0.745. The van der Waals surface area contributed by atoms with E-state index >= 15 is 0 Å². The highest BCUT2D eigenvalue weighted by atomic mass is 19.1. The second kappa shape index (κ2) is 4.36. The van der Waals surface area contributed by atoms with Crippen molar-refractivity contribution in [1.82, 2.24) is 0 Å². The molecule has 0 bridgehead atoms. The van der Waals surface area contributed by atoms with Crippen LogP contribution in [0.1, 0.15) is 24.1 Å². The number of benzene rings is 1. The van der Waals surface area contributed by atoms with Gasteiger partial charge in [0.25, 0.3) is 0 Å². The fourth-order valence-corrected chi connectivity index (χ4v) is 1.96. The number of rotatable bonds is 2. The molecule has 0 spiro atoms. The van der Waals surface area contributed by atoms with E-state index in [1.54, 1.807) is 19.1 Å². The molecule has 88 valence electrons. The average molecular weight is 232 g/mol. The summed E-state index contributed by atoms with van der Waals surface area (Å²) in [4.78, 5) is 12.1. The van der Waals surface area contributed by atoms with Crippen molar-refractivity contribution in [2.75, 3.05) is 0 Å². The van der Waals surface area contributed by atoms with Gasteiger partial charge in [0.15, 0.2) is 5.43 Å². The Labute approximate surface area is 99.7 Å². The number of hydrogen-bond donors (Lipinski definition) is 0. The molecule has 0 radical (unpaired) electrons. The summed E-state index contributed by atoms with van der Waals surface area (Å²) in [5, 5.41) is 0.0528. The highest BCUT2D eigenvalue weighted by molar-refractivity contribution is 6.35. The van der Waals surface area contributed by atoms with Crippen LogP contribution in [0.4, 0.5) is 4.39 Å². The summed E-state index contributed by atoms with van der Waals surface area (Å²) in [7, 11) is 0.880. The molecule has 1 heterocycles. The van der Waals surface area contributed by atoms with Gasteiger partial charge in [0.05, 0.1) is 0 Å². The Morgan fingerprint density at radius 1 is 1.41 bits per heavy atom. The van der Waals surface area contributed by atoms with Crippen molar-refractivity contribution >= 4 is 18.2 Å². The monoisotopic (exact) mass is 232 g/mol. The van der Waals surface area contributed by atoms with E-state index in [-0.39, 0.29) is 16.6 Å². The minimum absolute atomic E-state index is 0.0528. The third kappa shape index (κ3) is 1.88. The van der Waals surface area contributed by atoms with Crippen LogP contribution in [0.15, 0.2) is 27.4 Å². The van der Waals surface area contributed by atoms with Crippen LogP contribution in [0, 0.1) is 12.7 Å². The van der Waals surface area contributed by atoms with Gasteiger partial charge in [0.1, 0.15) is 29.8 Å². The van der Waals surface area contributed by atoms with Gasteiger partial charge in [-0.15, -0.1) is 0 Å². The summed E-state index contributed by atoms with van der Waals surface area (Å²) < 4.78 is 19.2. The summed E-state index contributed by atoms with van der Waals surface area (Å²) >= 11 is 0. The molecule has 0 saturated carbocycles. The third-order valence-corrected chi connectivity index (χ3v) is 3.19. The largest absolute Gasteiger partial charge is 0.461 e. The van der Waals surface area contributed by atoms with Crippen LogP contribution in [-0.4, -0.2) is 7.28 Å². The van der Waals surface area contributed by atoms with Crippen molar-refractivity contribution in [3.05, 3.63) is 45.6 Å². The molecule has 0 saturated heterocycles. The molecule has 2 rings (SSSR count). The van der Waals surface area contributed by atoms with Crippen molar-refractivity contribution < 1.29 is 8.81 Å². The van der Waals surface area contributed by atoms with Gasteiger partial charge in [-0.1, -0.05) is 19.8 Å². The smallest absolute Gasteiger partial charge is 0.198 e. The summed E-state index contributed by atoms with van der Waals surface area (Å²) in [6, 6.07) is 4.46. The highest BCUT2D eigenvalue weighted by Crippen LogP contribution is 2.22. The van der Waals surface area contributed by atoms with Crippen LogP contribution in [0.5, 0.6) is 0 Å². The van der Waals surface area contributed by atoms with Gasteiger partial charge in [-0.3, -0.25) is 4.79 Å². The zero-order chi connectivity index (χ0) is 12.6. The predicted molar refractivity (Wildman–Crippen MR) is 68.6 cm³/mol. The third-order valence-electron chi connectivity index (χ3n) is 3.19. The van der Waals surface area contributed by atoms with Gasteiger partial charge < -0.3 is 4.42 Å². The van der Waals surface area contributed by atoms with Gasteiger partial charge in [-0.25, -0.2) is 4.39 Å². The van der Waals surface area contributed by atoms with Crippen molar-refractivity contribution in [3.63, 3.8) is 0 Å². The lowest BCUT2D eigenvalue weighted by Gasteiger charge is -2.11. The van der Waals surface area contributed by atoms with Crippen LogP contribution in [0.2, 0.25) is 6.82 Å². The Bertz CT molecular complexity index is 619. The Balaban J connectivity index is 2.85. The standard InChI is InChI=1S/C13H14BFO2/c1-7-12(16)11-9(15)5-4-6-10(11)17-13(7)8(2)14-3/h4-6,8,14H,1-3H3. The molecule has 0 N–H and O–H groups in total. The maximum atomic E-state index is 13.6. The van der Waals surface area contributed by atoms with Crippen LogP contribution in [-0.2, 0) is 0 Å². The minimum atomic E-state index is -0.518. The van der Waals surface area contributed by atoms with Crippen LogP contribution in [0.3, 0.4) is 0 Å². The summed E-state index contributed by atoms with van der Waals surface area (Å²) in [5.74, 6) is 0.306. The molecule has 4 heteroatoms. The molecular weight excluding hydrogens is 218 g/mol. The number of hydrogen-bond acceptors (Lipinski definition) is 2. The summed E-state index contributed by atoms with van der Waals surface area (Å²) in [5.41, 5.74) is 0.576. The first-order valence-electron chi connectivity index (χ1n) is 5.78. The first-order chi connectivity index (χ1) is 8.06. The zero-order valence-electron chi connectivity index (χ0n) is 10.2. The molecule has 17 heavy (non-hydrogen) atoms. The second-order valence-electron chi connectivity index (χ2n) is 4.34. The van der Waals surface area contributed by atoms with Crippen molar-refractivity contribution in [2.24, 2.45) is 0 Å². The van der Waals surface area contributed by atoms with Crippen molar-refractivity contribution in [2.45, 2.75) is 26.5 Å². The van der Waals surface area contributed by atoms with E-state index < -0.39 is 5.82 Å². The minimum Gasteiger partial charge on any atom is -0.461 e. The van der Waals surface area contributed by atoms with Crippen molar-refractivity contribution in [3.8, 4) is 0 Å². The van der Waals surface area contributed by atoms with Gasteiger partial charge >= 0.3 is 0 Å². The first kappa shape index (κ1) is 11.9. The molecule has 1 aromatic heterocycles. The summed E-state index contributed by atoms with van der Waals surface area (Å²) in [6.45, 7) is 5.72. The number of halogens is 1. The molecule has 0 aliphatic carbocycles. The van der Waals surface area contributed by atoms with E-state index in [4.69, 9.17) is 4.42 Å². The molecule has 0 amide bonds. The molecular formula is C13H14BFO2. The van der Waals surface area contributed by atoms with E-state index in [1.165, 1.54) is 6.07 Å². The van der Waals surface area contributed by atoms with Gasteiger partial charge in [-0.2, -0.15) is 0 Å². The lowest BCUT2D eigenvalue weighted by Crippen LogP contribution is -2.14. The lowest BCUT2D eigenvalue weighted by atomic mass is 9.66. The molecule has 2 nitrogen and oxygen atoms in total. The molecule has 0 fully saturated rings. The highest BCUT2D eigenvalue weighted by Gasteiger charge is 2.17. The average Bonchev–Trinajstić information content (AvgIpc) is 2.32. The van der Waals surface area contributed by atoms with Crippen LogP contribution in [0.25, 0.3) is 11.0 Å². The molecule has 1 aromatic carbocycles. The normalized spacial score (nSPS) is 12.7. The Hall–Kier alpha value is -1.58. The van der Waals surface area contributed by atoms with Crippen LogP contribution < -0.4 is 5.43 Å². The van der Waals surface area contributed by atoms with Gasteiger partial charge in [0.2, 0.25) is 0 Å². The second-order valence-corrected chi connectivity index (χ2v) is 4.34. The molecule has 1 atom stereocenters. The van der Waals surface area contributed by atoms with Gasteiger partial charge in [0, 0.05) is 5.56 Å². The van der Waals surface area contributed by atoms with Gasteiger partial charge in [-0.05, 0) is 24.9 Å². The Morgan fingerprint density at radius 3 is 2.76 bits per heavy atom. The fraction of sp³-hybridized carbons (Fsp3) is 0.308. The van der Waals surface area contributed by atoms with E-state index in [9.17, 15) is 9.18 Å². The van der Waals surface area contributed by atoms with E-state index in [1.807, 2.05) is 13.7 Å². The Morgan fingerprint density at radius 2 is 2.12 bits per heavy atom. The SMILES string of the molecule is CBC(C)c1oc2cccc(F)c2c(=O)c1C. The maximum absolute atomic E-state index is 13.6. The van der Waals surface area contributed by atoms with Crippen molar-refractivity contribution in [1.29, 1.82) is 0 Å². The predicted octanol–water partition coefficient (Wildman–Crippen LogP) is 2.79. The number of fused-ring (bicyclic) bond motifs is 1. The molecule has 0 aliphatic heterocycles. The Kier molecular flexibility index (Phi) is 3.05. The zero-order valence-corrected chi connectivity index (χ0v) is 10.2. The van der Waals surface area contributed by atoms with E-state index in [0.29, 0.717) is 16.9 Å². The van der Waals surface area contributed by atoms with E-state index in [2.05, 4.69) is 0 Å². The molecule has 1 unspecified atom stereocenters. The molecule has 2 aromatic rings. The summed E-state index contributed by atoms with van der Waals surface area (Å²) in [6.07, 6.45) is 0. The first-order valence-corrected chi connectivity index (χ1v) is 5.78.